The predicted octanol–water partition coefficient (Wildman–Crippen LogP) is 2.37. The monoisotopic (exact) mass is 388 g/mol. The van der Waals surface area contributed by atoms with E-state index in [-0.39, 0.29) is 5.54 Å². The van der Waals surface area contributed by atoms with Gasteiger partial charge in [0.1, 0.15) is 0 Å². The molecule has 0 radical (unpaired) electrons. The van der Waals surface area contributed by atoms with Crippen LogP contribution in [0.2, 0.25) is 0 Å². The molecule has 3 heterocycles. The number of methoxy groups -OCH3 is 1. The number of nitrogens with zero attached hydrogens (tertiary/aromatic N) is 4. The Morgan fingerprint density at radius 3 is 2.78 bits per heavy atom. The minimum absolute atomic E-state index is 0.187. The Balaban J connectivity index is 0.000000244. The third kappa shape index (κ3) is 5.92. The second-order valence-electron chi connectivity index (χ2n) is 6.01. The number of thioether (sulfide) groups is 1. The van der Waals surface area contributed by atoms with E-state index in [0.717, 1.165) is 28.6 Å². The van der Waals surface area contributed by atoms with Crippen LogP contribution in [0.5, 0.6) is 5.88 Å². The normalized spacial score (nSPS) is 20.1. The van der Waals surface area contributed by atoms with E-state index in [1.54, 1.807) is 44.5 Å². The average Bonchev–Trinajstić information content (AvgIpc) is 2.70. The fraction of sp³-hybridized carbons (Fsp3) is 0.389. The summed E-state index contributed by atoms with van der Waals surface area (Å²) in [5.74, 6) is 1.57. The molecule has 0 saturated carbocycles. The SMILES string of the molecule is CN=C1NC(C)(c2cncc(NC=O)c2)CCS1.COc1cnc(C)cn1. The van der Waals surface area contributed by atoms with Crippen molar-refractivity contribution in [3.8, 4) is 5.88 Å². The number of rotatable bonds is 4. The molecule has 0 spiro atoms. The Labute approximate surface area is 163 Å². The molecule has 9 heteroatoms. The summed E-state index contributed by atoms with van der Waals surface area (Å²) in [5, 5.41) is 6.99. The van der Waals surface area contributed by atoms with E-state index in [9.17, 15) is 4.79 Å². The fourth-order valence-electron chi connectivity index (χ4n) is 2.40. The summed E-state index contributed by atoms with van der Waals surface area (Å²) < 4.78 is 4.80. The molecule has 1 fully saturated rings. The predicted molar refractivity (Wildman–Crippen MR) is 108 cm³/mol. The number of hydrogen-bond donors (Lipinski definition) is 2. The molecular weight excluding hydrogens is 364 g/mol. The number of aryl methyl sites for hydroxylation is 1. The van der Waals surface area contributed by atoms with Crippen molar-refractivity contribution in [1.29, 1.82) is 0 Å². The summed E-state index contributed by atoms with van der Waals surface area (Å²) in [6.45, 7) is 4.01. The van der Waals surface area contributed by atoms with Gasteiger partial charge in [0.2, 0.25) is 12.3 Å². The van der Waals surface area contributed by atoms with E-state index in [0.29, 0.717) is 18.0 Å². The highest BCUT2D eigenvalue weighted by Crippen LogP contribution is 2.32. The second-order valence-corrected chi connectivity index (χ2v) is 7.09. The first-order valence-electron chi connectivity index (χ1n) is 8.37. The lowest BCUT2D eigenvalue weighted by Crippen LogP contribution is -2.46. The molecule has 0 aromatic carbocycles. The molecule has 27 heavy (non-hydrogen) atoms. The molecule has 0 aliphatic carbocycles. The number of nitrogens with one attached hydrogen (secondary N) is 2. The number of aromatic nitrogens is 3. The number of amidine groups is 1. The molecule has 2 N–H and O–H groups in total. The molecule has 1 saturated heterocycles. The van der Waals surface area contributed by atoms with Crippen LogP contribution in [-0.2, 0) is 10.3 Å². The van der Waals surface area contributed by atoms with Crippen molar-refractivity contribution in [2.75, 3.05) is 25.2 Å². The van der Waals surface area contributed by atoms with Crippen LogP contribution >= 0.6 is 11.8 Å². The maximum absolute atomic E-state index is 10.5. The van der Waals surface area contributed by atoms with Crippen LogP contribution in [0, 0.1) is 6.92 Å². The Morgan fingerprint density at radius 2 is 2.15 bits per heavy atom. The van der Waals surface area contributed by atoms with Crippen molar-refractivity contribution in [2.24, 2.45) is 4.99 Å². The molecule has 1 unspecified atom stereocenters. The maximum atomic E-state index is 10.5. The van der Waals surface area contributed by atoms with E-state index >= 15 is 0 Å². The van der Waals surface area contributed by atoms with E-state index < -0.39 is 0 Å². The minimum Gasteiger partial charge on any atom is -0.480 e. The van der Waals surface area contributed by atoms with Crippen LogP contribution < -0.4 is 15.4 Å². The number of amides is 1. The first-order valence-corrected chi connectivity index (χ1v) is 9.35. The summed E-state index contributed by atoms with van der Waals surface area (Å²) in [6, 6.07) is 1.94. The van der Waals surface area contributed by atoms with Gasteiger partial charge in [0.25, 0.3) is 0 Å². The van der Waals surface area contributed by atoms with E-state index in [2.05, 4.69) is 37.5 Å². The molecular formula is C18H24N6O2S. The first-order chi connectivity index (χ1) is 13.0. The molecule has 8 nitrogen and oxygen atoms in total. The van der Waals surface area contributed by atoms with Crippen LogP contribution in [0.25, 0.3) is 0 Å². The number of carbonyl (C=O) groups excluding carboxylic acids is 1. The van der Waals surface area contributed by atoms with Crippen LogP contribution in [0.3, 0.4) is 0 Å². The lowest BCUT2D eigenvalue weighted by atomic mass is 9.90. The van der Waals surface area contributed by atoms with Gasteiger partial charge in [-0.15, -0.1) is 0 Å². The summed E-state index contributed by atoms with van der Waals surface area (Å²) >= 11 is 1.72. The Hall–Kier alpha value is -2.68. The summed E-state index contributed by atoms with van der Waals surface area (Å²) in [5.41, 5.74) is 2.47. The zero-order valence-corrected chi connectivity index (χ0v) is 16.7. The Bertz CT molecular complexity index is 784. The molecule has 1 atom stereocenters. The molecule has 3 rings (SSSR count). The highest BCUT2D eigenvalue weighted by molar-refractivity contribution is 8.13. The molecule has 144 valence electrons. The smallest absolute Gasteiger partial charge is 0.231 e. The topological polar surface area (TPSA) is 101 Å². The summed E-state index contributed by atoms with van der Waals surface area (Å²) in [4.78, 5) is 26.7. The van der Waals surface area contributed by atoms with Gasteiger partial charge in [-0.05, 0) is 31.9 Å². The van der Waals surface area contributed by atoms with Crippen molar-refractivity contribution >= 4 is 29.0 Å². The number of ether oxygens (including phenoxy) is 1. The first kappa shape index (κ1) is 20.6. The van der Waals surface area contributed by atoms with Crippen molar-refractivity contribution in [2.45, 2.75) is 25.8 Å². The molecule has 0 bridgehead atoms. The van der Waals surface area contributed by atoms with Gasteiger partial charge in [0.15, 0.2) is 5.17 Å². The van der Waals surface area contributed by atoms with Crippen molar-refractivity contribution in [3.05, 3.63) is 42.1 Å². The number of aliphatic imine (C=N–C) groups is 1. The van der Waals surface area contributed by atoms with Crippen molar-refractivity contribution < 1.29 is 9.53 Å². The standard InChI is InChI=1S/C12H16N4OS.C6H8N2O/c1-12(3-4-18-11(13-2)16-12)9-5-10(15-8-17)7-14-6-9;1-5-3-8-6(9-2)4-7-5/h5-8H,3-4H2,1-2H3,(H,13,16)(H,15,17);3-4H,1-2H3. The summed E-state index contributed by atoms with van der Waals surface area (Å²) in [6.07, 6.45) is 8.36. The highest BCUT2D eigenvalue weighted by Gasteiger charge is 2.31. The van der Waals surface area contributed by atoms with Crippen LogP contribution in [0.1, 0.15) is 24.6 Å². The Kier molecular flexibility index (Phi) is 7.54. The number of hydrogen-bond acceptors (Lipinski definition) is 7. The summed E-state index contributed by atoms with van der Waals surface area (Å²) in [7, 11) is 3.35. The van der Waals surface area contributed by atoms with Gasteiger partial charge in [0, 0.05) is 19.0 Å². The molecule has 1 aliphatic heterocycles. The van der Waals surface area contributed by atoms with E-state index in [1.165, 1.54) is 0 Å². The third-order valence-electron chi connectivity index (χ3n) is 3.99. The zero-order valence-electron chi connectivity index (χ0n) is 15.9. The van der Waals surface area contributed by atoms with Gasteiger partial charge < -0.3 is 15.4 Å². The number of carbonyl (C=O) groups is 1. The number of pyridine rings is 1. The van der Waals surface area contributed by atoms with E-state index in [4.69, 9.17) is 4.74 Å². The van der Waals surface area contributed by atoms with Crippen LogP contribution in [0.4, 0.5) is 5.69 Å². The lowest BCUT2D eigenvalue weighted by molar-refractivity contribution is -0.105. The highest BCUT2D eigenvalue weighted by atomic mass is 32.2. The minimum atomic E-state index is -0.187. The molecule has 2 aromatic rings. The van der Waals surface area contributed by atoms with Crippen molar-refractivity contribution in [3.63, 3.8) is 0 Å². The van der Waals surface area contributed by atoms with Gasteiger partial charge in [-0.1, -0.05) is 11.8 Å². The second kappa shape index (κ2) is 9.86. The third-order valence-corrected chi connectivity index (χ3v) is 4.96. The van der Waals surface area contributed by atoms with Gasteiger partial charge in [-0.3, -0.25) is 19.8 Å². The molecule has 2 aromatic heterocycles. The molecule has 1 aliphatic rings. The molecule has 1 amide bonds. The fourth-order valence-corrected chi connectivity index (χ4v) is 3.53. The lowest BCUT2D eigenvalue weighted by Gasteiger charge is -2.36. The van der Waals surface area contributed by atoms with Gasteiger partial charge in [-0.2, -0.15) is 0 Å². The average molecular weight is 388 g/mol. The number of anilines is 1. The van der Waals surface area contributed by atoms with Gasteiger partial charge in [-0.25, -0.2) is 4.98 Å². The Morgan fingerprint density at radius 1 is 1.33 bits per heavy atom. The van der Waals surface area contributed by atoms with Crippen LogP contribution in [-0.4, -0.2) is 46.4 Å². The van der Waals surface area contributed by atoms with Gasteiger partial charge in [0.05, 0.1) is 42.6 Å². The largest absolute Gasteiger partial charge is 0.480 e. The van der Waals surface area contributed by atoms with Crippen molar-refractivity contribution in [1.82, 2.24) is 20.3 Å². The maximum Gasteiger partial charge on any atom is 0.231 e. The van der Waals surface area contributed by atoms with E-state index in [1.807, 2.05) is 19.2 Å². The quantitative estimate of drug-likeness (QED) is 0.775. The zero-order chi connectivity index (χ0) is 19.7. The van der Waals surface area contributed by atoms with Crippen LogP contribution in [0.15, 0.2) is 35.8 Å². The van der Waals surface area contributed by atoms with Gasteiger partial charge >= 0.3 is 0 Å².